The van der Waals surface area contributed by atoms with Gasteiger partial charge in [-0.3, -0.25) is 14.4 Å². The minimum atomic E-state index is -0.535. The molecule has 1 aliphatic heterocycles. The third-order valence-electron chi connectivity index (χ3n) is 4.44. The number of anilines is 1. The van der Waals surface area contributed by atoms with E-state index in [4.69, 9.17) is 4.74 Å². The fraction of sp³-hybridized carbons (Fsp3) is 0.286. The number of ether oxygens (including phenoxy) is 1. The molecule has 0 radical (unpaired) electrons. The number of esters is 1. The van der Waals surface area contributed by atoms with Gasteiger partial charge in [0, 0.05) is 25.2 Å². The Bertz CT molecular complexity index is 818. The second-order valence-electron chi connectivity index (χ2n) is 6.68. The highest BCUT2D eigenvalue weighted by Gasteiger charge is 2.35. The molecule has 0 aliphatic carbocycles. The van der Waals surface area contributed by atoms with Gasteiger partial charge in [-0.1, -0.05) is 48.0 Å². The highest BCUT2D eigenvalue weighted by Crippen LogP contribution is 2.21. The number of carbonyl (C=O) groups excluding carboxylic acids is 3. The van der Waals surface area contributed by atoms with E-state index in [0.29, 0.717) is 18.8 Å². The van der Waals surface area contributed by atoms with Gasteiger partial charge in [-0.05, 0) is 24.6 Å². The predicted molar refractivity (Wildman–Crippen MR) is 101 cm³/mol. The maximum atomic E-state index is 12.2. The van der Waals surface area contributed by atoms with Crippen molar-refractivity contribution in [1.29, 1.82) is 0 Å². The van der Waals surface area contributed by atoms with Crippen LogP contribution in [0.2, 0.25) is 0 Å². The number of hydrogen-bond donors (Lipinski definition) is 1. The number of likely N-dealkylation sites (tertiary alicyclic amines) is 1. The van der Waals surface area contributed by atoms with Crippen molar-refractivity contribution in [2.75, 3.05) is 18.5 Å². The number of nitrogens with one attached hydrogen (secondary N) is 1. The van der Waals surface area contributed by atoms with Gasteiger partial charge in [0.15, 0.2) is 6.61 Å². The number of rotatable bonds is 6. The molecule has 1 atom stereocenters. The van der Waals surface area contributed by atoms with Crippen molar-refractivity contribution in [3.8, 4) is 0 Å². The van der Waals surface area contributed by atoms with Crippen molar-refractivity contribution in [3.63, 3.8) is 0 Å². The third kappa shape index (κ3) is 5.17. The lowest BCUT2D eigenvalue weighted by atomic mass is 10.1. The van der Waals surface area contributed by atoms with Crippen LogP contribution in [0.25, 0.3) is 0 Å². The summed E-state index contributed by atoms with van der Waals surface area (Å²) in [5.74, 6) is -1.54. The van der Waals surface area contributed by atoms with Crippen molar-refractivity contribution in [1.82, 2.24) is 4.90 Å². The number of hydrogen-bond acceptors (Lipinski definition) is 4. The molecule has 1 fully saturated rings. The summed E-state index contributed by atoms with van der Waals surface area (Å²) in [4.78, 5) is 37.9. The Kier molecular flexibility index (Phi) is 5.86. The molecule has 0 unspecified atom stereocenters. The molecule has 1 saturated heterocycles. The fourth-order valence-corrected chi connectivity index (χ4v) is 2.97. The standard InChI is InChI=1S/C21H22N2O4/c1-15-7-9-16(10-8-15)12-23-13-17(11-20(23)25)21(26)27-14-19(24)22-18-5-3-2-4-6-18/h2-10,17H,11-14H2,1H3,(H,22,24)/t17-/m0/s1. The van der Waals surface area contributed by atoms with E-state index in [2.05, 4.69) is 5.32 Å². The van der Waals surface area contributed by atoms with Crippen LogP contribution in [0.4, 0.5) is 5.69 Å². The predicted octanol–water partition coefficient (Wildman–Crippen LogP) is 2.53. The van der Waals surface area contributed by atoms with Crippen LogP contribution in [0.1, 0.15) is 17.5 Å². The van der Waals surface area contributed by atoms with Crippen LogP contribution >= 0.6 is 0 Å². The molecule has 2 amide bonds. The molecule has 0 aromatic heterocycles. The van der Waals surface area contributed by atoms with Gasteiger partial charge < -0.3 is 15.0 Å². The summed E-state index contributed by atoms with van der Waals surface area (Å²) in [5.41, 5.74) is 2.81. The Morgan fingerprint density at radius 3 is 2.52 bits per heavy atom. The van der Waals surface area contributed by atoms with Crippen molar-refractivity contribution >= 4 is 23.5 Å². The molecule has 27 heavy (non-hydrogen) atoms. The van der Waals surface area contributed by atoms with Crippen molar-refractivity contribution in [2.45, 2.75) is 19.9 Å². The first-order valence-electron chi connectivity index (χ1n) is 8.86. The second-order valence-corrected chi connectivity index (χ2v) is 6.68. The van der Waals surface area contributed by atoms with Gasteiger partial charge in [-0.2, -0.15) is 0 Å². The lowest BCUT2D eigenvalue weighted by Gasteiger charge is -2.16. The summed E-state index contributed by atoms with van der Waals surface area (Å²) in [5, 5.41) is 2.65. The summed E-state index contributed by atoms with van der Waals surface area (Å²) >= 11 is 0. The Hall–Kier alpha value is -3.15. The summed E-state index contributed by atoms with van der Waals surface area (Å²) < 4.78 is 5.09. The fourth-order valence-electron chi connectivity index (χ4n) is 2.97. The summed E-state index contributed by atoms with van der Waals surface area (Å²) in [6.07, 6.45) is 0.116. The highest BCUT2D eigenvalue weighted by molar-refractivity contribution is 5.93. The Morgan fingerprint density at radius 2 is 1.81 bits per heavy atom. The molecule has 6 heteroatoms. The number of benzene rings is 2. The topological polar surface area (TPSA) is 75.7 Å². The first-order valence-corrected chi connectivity index (χ1v) is 8.86. The number of para-hydroxylation sites is 1. The Morgan fingerprint density at radius 1 is 1.11 bits per heavy atom. The summed E-state index contributed by atoms with van der Waals surface area (Å²) in [6, 6.07) is 16.9. The molecule has 1 aliphatic rings. The van der Waals surface area contributed by atoms with E-state index in [0.717, 1.165) is 11.1 Å². The summed E-state index contributed by atoms with van der Waals surface area (Å²) in [6.45, 7) is 2.42. The van der Waals surface area contributed by atoms with Crippen molar-refractivity contribution < 1.29 is 19.1 Å². The van der Waals surface area contributed by atoms with E-state index in [1.165, 1.54) is 0 Å². The molecule has 2 aromatic carbocycles. The molecular formula is C21H22N2O4. The van der Waals surface area contributed by atoms with Gasteiger partial charge in [-0.15, -0.1) is 0 Å². The van der Waals surface area contributed by atoms with Gasteiger partial charge >= 0.3 is 5.97 Å². The van der Waals surface area contributed by atoms with Crippen LogP contribution in [0.3, 0.4) is 0 Å². The Balaban J connectivity index is 1.47. The second kappa shape index (κ2) is 8.49. The van der Waals surface area contributed by atoms with Crippen LogP contribution in [0.5, 0.6) is 0 Å². The normalized spacial score (nSPS) is 16.3. The lowest BCUT2D eigenvalue weighted by Crippen LogP contribution is -2.28. The van der Waals surface area contributed by atoms with Gasteiger partial charge in [-0.25, -0.2) is 0 Å². The van der Waals surface area contributed by atoms with E-state index in [9.17, 15) is 14.4 Å². The largest absolute Gasteiger partial charge is 0.455 e. The van der Waals surface area contributed by atoms with E-state index >= 15 is 0 Å². The van der Waals surface area contributed by atoms with E-state index < -0.39 is 17.8 Å². The average molecular weight is 366 g/mol. The first-order chi connectivity index (χ1) is 13.0. The number of aryl methyl sites for hydroxylation is 1. The quantitative estimate of drug-likeness (QED) is 0.797. The molecule has 0 bridgehead atoms. The monoisotopic (exact) mass is 366 g/mol. The molecule has 1 N–H and O–H groups in total. The molecule has 3 rings (SSSR count). The van der Waals surface area contributed by atoms with Crippen molar-refractivity contribution in [3.05, 3.63) is 65.7 Å². The Labute approximate surface area is 158 Å². The third-order valence-corrected chi connectivity index (χ3v) is 4.44. The maximum Gasteiger partial charge on any atom is 0.311 e. The van der Waals surface area contributed by atoms with E-state index in [1.54, 1.807) is 29.2 Å². The highest BCUT2D eigenvalue weighted by atomic mass is 16.5. The van der Waals surface area contributed by atoms with Gasteiger partial charge in [0.05, 0.1) is 5.92 Å². The maximum absolute atomic E-state index is 12.2. The molecule has 1 heterocycles. The molecule has 140 valence electrons. The number of carbonyl (C=O) groups is 3. The lowest BCUT2D eigenvalue weighted by molar-refractivity contribution is -0.151. The zero-order chi connectivity index (χ0) is 19.2. The van der Waals surface area contributed by atoms with Gasteiger partial charge in [0.1, 0.15) is 0 Å². The minimum absolute atomic E-state index is 0.0775. The van der Waals surface area contributed by atoms with Crippen LogP contribution in [-0.2, 0) is 25.7 Å². The molecule has 0 saturated carbocycles. The molecule has 0 spiro atoms. The average Bonchev–Trinajstić information content (AvgIpc) is 3.03. The SMILES string of the molecule is Cc1ccc(CN2C[C@@H](C(=O)OCC(=O)Nc3ccccc3)CC2=O)cc1. The molecule has 2 aromatic rings. The first kappa shape index (κ1) is 18.6. The van der Waals surface area contributed by atoms with E-state index in [-0.39, 0.29) is 18.9 Å². The summed E-state index contributed by atoms with van der Waals surface area (Å²) in [7, 11) is 0. The number of nitrogens with zero attached hydrogens (tertiary/aromatic N) is 1. The molecular weight excluding hydrogens is 344 g/mol. The zero-order valence-electron chi connectivity index (χ0n) is 15.2. The van der Waals surface area contributed by atoms with Crippen LogP contribution < -0.4 is 5.32 Å². The minimum Gasteiger partial charge on any atom is -0.455 e. The van der Waals surface area contributed by atoms with Crippen LogP contribution in [0.15, 0.2) is 54.6 Å². The van der Waals surface area contributed by atoms with E-state index in [1.807, 2.05) is 37.3 Å². The van der Waals surface area contributed by atoms with Crippen LogP contribution in [0, 0.1) is 12.8 Å². The van der Waals surface area contributed by atoms with Gasteiger partial charge in [0.2, 0.25) is 5.91 Å². The number of amides is 2. The zero-order valence-corrected chi connectivity index (χ0v) is 15.2. The smallest absolute Gasteiger partial charge is 0.311 e. The van der Waals surface area contributed by atoms with Crippen LogP contribution in [-0.4, -0.2) is 35.8 Å². The van der Waals surface area contributed by atoms with Gasteiger partial charge in [0.25, 0.3) is 5.91 Å². The van der Waals surface area contributed by atoms with Crippen molar-refractivity contribution in [2.24, 2.45) is 5.92 Å². The molecule has 6 nitrogen and oxygen atoms in total.